The molecule has 1 aliphatic heterocycles. The number of Topliss-reactive ketones (excluding diaryl/α,β-unsaturated/α-hetero) is 1. The second kappa shape index (κ2) is 7.19. The zero-order valence-corrected chi connectivity index (χ0v) is 16.0. The third-order valence-corrected chi connectivity index (χ3v) is 6.52. The number of aromatic nitrogens is 1. The molecule has 1 atom stereocenters. The number of aryl methyl sites for hydroxylation is 1. The number of phenolic OH excluding ortho intramolecular Hbond substituents is 1. The minimum Gasteiger partial charge on any atom is -0.508 e. The lowest BCUT2D eigenvalue weighted by molar-refractivity contribution is 0.0474. The van der Waals surface area contributed by atoms with Gasteiger partial charge in [-0.25, -0.2) is 13.2 Å². The van der Waals surface area contributed by atoms with Crippen LogP contribution in [0, 0.1) is 13.8 Å². The first-order chi connectivity index (χ1) is 12.7. The van der Waals surface area contributed by atoms with E-state index in [0.717, 1.165) is 5.69 Å². The van der Waals surface area contributed by atoms with Gasteiger partial charge in [-0.1, -0.05) is 6.07 Å². The summed E-state index contributed by atoms with van der Waals surface area (Å²) < 4.78 is 30.5. The van der Waals surface area contributed by atoms with Gasteiger partial charge in [0.2, 0.25) is 5.78 Å². The minimum atomic E-state index is -3.04. The number of aromatic hydroxyl groups is 1. The predicted molar refractivity (Wildman–Crippen MR) is 98.9 cm³/mol. The molecule has 3 rings (SSSR count). The van der Waals surface area contributed by atoms with Gasteiger partial charge in [-0.3, -0.25) is 4.79 Å². The zero-order chi connectivity index (χ0) is 19.8. The number of carbonyl (C=O) groups is 2. The van der Waals surface area contributed by atoms with Crippen LogP contribution in [0.25, 0.3) is 0 Å². The first kappa shape index (κ1) is 19.2. The lowest BCUT2D eigenvalue weighted by Crippen LogP contribution is -2.17. The Hall–Kier alpha value is -2.61. The van der Waals surface area contributed by atoms with E-state index in [2.05, 4.69) is 0 Å². The molecule has 8 heteroatoms. The number of hydrogen-bond donors (Lipinski definition) is 1. The van der Waals surface area contributed by atoms with Crippen LogP contribution in [0.5, 0.6) is 5.75 Å². The molecule has 1 unspecified atom stereocenters. The maximum Gasteiger partial charge on any atom is 0.338 e. The van der Waals surface area contributed by atoms with E-state index in [1.807, 2.05) is 11.5 Å². The summed E-state index contributed by atoms with van der Waals surface area (Å²) in [6.45, 7) is 3.16. The second-order valence-corrected chi connectivity index (χ2v) is 8.99. The van der Waals surface area contributed by atoms with Crippen LogP contribution in [0.1, 0.15) is 44.6 Å². The van der Waals surface area contributed by atoms with Crippen LogP contribution in [-0.2, 0) is 14.6 Å². The van der Waals surface area contributed by atoms with Gasteiger partial charge in [-0.15, -0.1) is 0 Å². The Morgan fingerprint density at radius 3 is 2.63 bits per heavy atom. The fraction of sp³-hybridized carbons (Fsp3) is 0.368. The number of ether oxygens (including phenoxy) is 1. The molecule has 27 heavy (non-hydrogen) atoms. The monoisotopic (exact) mass is 391 g/mol. The van der Waals surface area contributed by atoms with Crippen molar-refractivity contribution < 1.29 is 27.9 Å². The molecule has 1 fully saturated rings. The highest BCUT2D eigenvalue weighted by atomic mass is 32.2. The van der Waals surface area contributed by atoms with Gasteiger partial charge in [0.05, 0.1) is 17.1 Å². The van der Waals surface area contributed by atoms with E-state index in [1.54, 1.807) is 13.0 Å². The maximum atomic E-state index is 12.5. The SMILES string of the molecule is Cc1cc(C(=O)COC(=O)c2cccc(O)c2)c(C)n1C1CCS(=O)(=O)C1. The van der Waals surface area contributed by atoms with E-state index in [1.165, 1.54) is 24.3 Å². The number of sulfone groups is 1. The zero-order valence-electron chi connectivity index (χ0n) is 15.1. The Morgan fingerprint density at radius 1 is 1.26 bits per heavy atom. The topological polar surface area (TPSA) is 103 Å². The molecule has 0 amide bonds. The Morgan fingerprint density at radius 2 is 2.00 bits per heavy atom. The smallest absolute Gasteiger partial charge is 0.338 e. The number of benzene rings is 1. The van der Waals surface area contributed by atoms with Gasteiger partial charge in [0.25, 0.3) is 0 Å². The molecule has 2 aromatic rings. The van der Waals surface area contributed by atoms with Crippen molar-refractivity contribution >= 4 is 21.6 Å². The molecule has 1 saturated heterocycles. The predicted octanol–water partition coefficient (Wildman–Crippen LogP) is 2.21. The van der Waals surface area contributed by atoms with E-state index >= 15 is 0 Å². The third-order valence-electron chi connectivity index (χ3n) is 4.77. The fourth-order valence-electron chi connectivity index (χ4n) is 3.53. The van der Waals surface area contributed by atoms with E-state index in [4.69, 9.17) is 4.74 Å². The van der Waals surface area contributed by atoms with Crippen LogP contribution in [0.3, 0.4) is 0 Å². The van der Waals surface area contributed by atoms with Crippen LogP contribution in [0.4, 0.5) is 0 Å². The highest BCUT2D eigenvalue weighted by molar-refractivity contribution is 7.91. The van der Waals surface area contributed by atoms with Crippen molar-refractivity contribution in [3.63, 3.8) is 0 Å². The molecule has 2 heterocycles. The van der Waals surface area contributed by atoms with E-state index in [-0.39, 0.29) is 34.6 Å². The molecular formula is C19H21NO6S. The van der Waals surface area contributed by atoms with E-state index < -0.39 is 22.4 Å². The minimum absolute atomic E-state index is 0.0640. The van der Waals surface area contributed by atoms with Crippen molar-refractivity contribution in [2.45, 2.75) is 26.3 Å². The molecule has 0 aliphatic carbocycles. The average molecular weight is 391 g/mol. The number of nitrogens with zero attached hydrogens (tertiary/aromatic N) is 1. The highest BCUT2D eigenvalue weighted by Crippen LogP contribution is 2.29. The van der Waals surface area contributed by atoms with Gasteiger partial charge in [0.15, 0.2) is 16.4 Å². The molecular weight excluding hydrogens is 370 g/mol. The van der Waals surface area contributed by atoms with Crippen LogP contribution in [-0.4, -0.2) is 48.0 Å². The third kappa shape index (κ3) is 4.05. The summed E-state index contributed by atoms with van der Waals surface area (Å²) in [6, 6.07) is 7.21. The van der Waals surface area contributed by atoms with Crippen molar-refractivity contribution in [1.82, 2.24) is 4.57 Å². The van der Waals surface area contributed by atoms with Crippen LogP contribution >= 0.6 is 0 Å². The highest BCUT2D eigenvalue weighted by Gasteiger charge is 2.31. The van der Waals surface area contributed by atoms with Crippen molar-refractivity contribution in [2.24, 2.45) is 0 Å². The molecule has 7 nitrogen and oxygen atoms in total. The van der Waals surface area contributed by atoms with Crippen molar-refractivity contribution in [3.8, 4) is 5.75 Å². The Balaban J connectivity index is 1.72. The fourth-order valence-corrected chi connectivity index (χ4v) is 5.23. The normalized spacial score (nSPS) is 18.4. The summed E-state index contributed by atoms with van der Waals surface area (Å²) in [5.74, 6) is -0.896. The molecule has 0 saturated carbocycles. The van der Waals surface area contributed by atoms with E-state index in [0.29, 0.717) is 17.7 Å². The molecule has 1 aliphatic rings. The van der Waals surface area contributed by atoms with Crippen LogP contribution in [0.2, 0.25) is 0 Å². The first-order valence-electron chi connectivity index (χ1n) is 8.56. The number of esters is 1. The molecule has 1 aromatic carbocycles. The summed E-state index contributed by atoms with van der Waals surface area (Å²) in [6.07, 6.45) is 0.527. The van der Waals surface area contributed by atoms with Gasteiger partial charge in [0.1, 0.15) is 5.75 Å². The summed E-state index contributed by atoms with van der Waals surface area (Å²) in [5.41, 5.74) is 2.05. The maximum absolute atomic E-state index is 12.5. The number of rotatable bonds is 5. The van der Waals surface area contributed by atoms with Crippen molar-refractivity contribution in [3.05, 3.63) is 52.8 Å². The lowest BCUT2D eigenvalue weighted by atomic mass is 10.1. The van der Waals surface area contributed by atoms with E-state index in [9.17, 15) is 23.1 Å². The summed E-state index contributed by atoms with van der Waals surface area (Å²) >= 11 is 0. The summed E-state index contributed by atoms with van der Waals surface area (Å²) in [5, 5.41) is 9.41. The van der Waals surface area contributed by atoms with Crippen molar-refractivity contribution in [1.29, 1.82) is 0 Å². The lowest BCUT2D eigenvalue weighted by Gasteiger charge is -2.16. The number of hydrogen-bond acceptors (Lipinski definition) is 6. The van der Waals surface area contributed by atoms with Gasteiger partial charge in [-0.05, 0) is 44.5 Å². The largest absolute Gasteiger partial charge is 0.508 e. The van der Waals surface area contributed by atoms with Crippen LogP contribution < -0.4 is 0 Å². The molecule has 1 aromatic heterocycles. The molecule has 0 radical (unpaired) electrons. The van der Waals surface area contributed by atoms with Crippen molar-refractivity contribution in [2.75, 3.05) is 18.1 Å². The number of ketones is 1. The quantitative estimate of drug-likeness (QED) is 0.619. The molecule has 0 spiro atoms. The Labute approximate surface area is 157 Å². The number of phenols is 1. The Kier molecular flexibility index (Phi) is 5.10. The Bertz CT molecular complexity index is 1010. The second-order valence-electron chi connectivity index (χ2n) is 6.76. The van der Waals surface area contributed by atoms with Gasteiger partial charge < -0.3 is 14.4 Å². The van der Waals surface area contributed by atoms with Gasteiger partial charge in [0, 0.05) is 23.0 Å². The average Bonchev–Trinajstić information content (AvgIpc) is 3.10. The summed E-state index contributed by atoms with van der Waals surface area (Å²) in [7, 11) is -3.04. The van der Waals surface area contributed by atoms with Gasteiger partial charge in [-0.2, -0.15) is 0 Å². The standard InChI is InChI=1S/C19H21NO6S/c1-12-8-17(13(2)20(12)15-6-7-27(24,25)11-15)18(22)10-26-19(23)14-4-3-5-16(21)9-14/h3-5,8-9,15,21H,6-7,10-11H2,1-2H3. The van der Waals surface area contributed by atoms with Crippen LogP contribution in [0.15, 0.2) is 30.3 Å². The molecule has 0 bridgehead atoms. The van der Waals surface area contributed by atoms with Gasteiger partial charge >= 0.3 is 5.97 Å². The number of carbonyl (C=O) groups excluding carboxylic acids is 2. The molecule has 144 valence electrons. The first-order valence-corrected chi connectivity index (χ1v) is 10.4. The summed E-state index contributed by atoms with van der Waals surface area (Å²) in [4.78, 5) is 24.5. The molecule has 1 N–H and O–H groups in total.